The lowest BCUT2D eigenvalue weighted by Gasteiger charge is -2.10. The Labute approximate surface area is 122 Å². The van der Waals surface area contributed by atoms with Gasteiger partial charge in [-0.1, -0.05) is 18.6 Å². The first-order valence-electron chi connectivity index (χ1n) is 6.50. The second kappa shape index (κ2) is 6.52. The number of benzene rings is 1. The van der Waals surface area contributed by atoms with Gasteiger partial charge < -0.3 is 10.1 Å². The van der Waals surface area contributed by atoms with Crippen LogP contribution in [0.2, 0.25) is 0 Å². The van der Waals surface area contributed by atoms with Crippen molar-refractivity contribution in [3.8, 4) is 0 Å². The predicted molar refractivity (Wildman–Crippen MR) is 81.3 cm³/mol. The highest BCUT2D eigenvalue weighted by Gasteiger charge is 2.12. The smallest absolute Gasteiger partial charge is 0.339 e. The monoisotopic (exact) mass is 290 g/mol. The van der Waals surface area contributed by atoms with Crippen molar-refractivity contribution < 1.29 is 9.53 Å². The van der Waals surface area contributed by atoms with Crippen LogP contribution in [0.5, 0.6) is 0 Å². The molecule has 0 fully saturated rings. The first-order chi connectivity index (χ1) is 9.63. The molecule has 4 nitrogen and oxygen atoms in total. The molecular formula is C15H18N2O2S. The van der Waals surface area contributed by atoms with E-state index in [1.165, 1.54) is 7.11 Å². The lowest BCUT2D eigenvalue weighted by atomic mass is 10.1. The fraction of sp³-hybridized carbons (Fsp3) is 0.333. The molecule has 0 aliphatic heterocycles. The van der Waals surface area contributed by atoms with Crippen molar-refractivity contribution in [1.29, 1.82) is 0 Å². The molecule has 20 heavy (non-hydrogen) atoms. The molecule has 0 amide bonds. The summed E-state index contributed by atoms with van der Waals surface area (Å²) in [6.07, 6.45) is 2.82. The number of hydrogen-bond donors (Lipinski definition) is 1. The van der Waals surface area contributed by atoms with E-state index in [4.69, 9.17) is 4.74 Å². The molecule has 0 saturated carbocycles. The van der Waals surface area contributed by atoms with Crippen molar-refractivity contribution in [3.05, 3.63) is 45.4 Å². The fourth-order valence-corrected chi connectivity index (χ4v) is 2.67. The largest absolute Gasteiger partial charge is 0.465 e. The molecule has 2 rings (SSSR count). The maximum Gasteiger partial charge on any atom is 0.339 e. The fourth-order valence-electron chi connectivity index (χ4n) is 1.87. The summed E-state index contributed by atoms with van der Waals surface area (Å²) in [5, 5.41) is 4.40. The number of nitrogens with one attached hydrogen (secondary N) is 1. The number of thiazole rings is 1. The lowest BCUT2D eigenvalue weighted by molar-refractivity contribution is 0.0601. The van der Waals surface area contributed by atoms with Gasteiger partial charge >= 0.3 is 5.97 Å². The molecular weight excluding hydrogens is 272 g/mol. The Morgan fingerprint density at radius 3 is 2.90 bits per heavy atom. The number of ether oxygens (including phenoxy) is 1. The summed E-state index contributed by atoms with van der Waals surface area (Å²) in [6, 6.07) is 5.71. The van der Waals surface area contributed by atoms with Crippen LogP contribution >= 0.6 is 11.3 Å². The molecule has 0 spiro atoms. The van der Waals surface area contributed by atoms with Gasteiger partial charge in [0.25, 0.3) is 0 Å². The van der Waals surface area contributed by atoms with E-state index in [1.807, 2.05) is 31.3 Å². The molecule has 0 unspecified atom stereocenters. The highest BCUT2D eigenvalue weighted by molar-refractivity contribution is 7.11. The number of anilines is 1. The summed E-state index contributed by atoms with van der Waals surface area (Å²) in [5.41, 5.74) is 2.38. The number of esters is 1. The van der Waals surface area contributed by atoms with Crippen molar-refractivity contribution in [2.45, 2.75) is 26.8 Å². The minimum Gasteiger partial charge on any atom is -0.465 e. The van der Waals surface area contributed by atoms with Crippen molar-refractivity contribution in [2.75, 3.05) is 12.4 Å². The third kappa shape index (κ3) is 3.36. The molecule has 0 aliphatic rings. The second-order valence-electron chi connectivity index (χ2n) is 4.47. The van der Waals surface area contributed by atoms with E-state index in [0.29, 0.717) is 12.1 Å². The van der Waals surface area contributed by atoms with Gasteiger partial charge in [-0.2, -0.15) is 0 Å². The predicted octanol–water partition coefficient (Wildman–Crippen LogP) is 3.41. The summed E-state index contributed by atoms with van der Waals surface area (Å²) < 4.78 is 4.82. The van der Waals surface area contributed by atoms with Crippen LogP contribution in [0.3, 0.4) is 0 Å². The van der Waals surface area contributed by atoms with Crippen molar-refractivity contribution in [3.63, 3.8) is 0 Å². The SMILES string of the molecule is CCc1ncc(CNc2ccc(C)cc2C(=O)OC)s1. The molecule has 5 heteroatoms. The summed E-state index contributed by atoms with van der Waals surface area (Å²) in [5.74, 6) is -0.324. The van der Waals surface area contributed by atoms with Gasteiger partial charge in [-0.3, -0.25) is 0 Å². The van der Waals surface area contributed by atoms with Gasteiger partial charge in [0, 0.05) is 16.8 Å². The van der Waals surface area contributed by atoms with Crippen molar-refractivity contribution in [2.24, 2.45) is 0 Å². The number of carbonyl (C=O) groups is 1. The molecule has 2 aromatic rings. The van der Waals surface area contributed by atoms with Crippen LogP contribution in [0, 0.1) is 6.92 Å². The average molecular weight is 290 g/mol. The molecule has 1 N–H and O–H groups in total. The zero-order valence-corrected chi connectivity index (χ0v) is 12.7. The van der Waals surface area contributed by atoms with Gasteiger partial charge in [0.05, 0.1) is 24.2 Å². The number of methoxy groups -OCH3 is 1. The minimum atomic E-state index is -0.324. The molecule has 106 valence electrons. The summed E-state index contributed by atoms with van der Waals surface area (Å²) >= 11 is 1.69. The maximum atomic E-state index is 11.8. The van der Waals surface area contributed by atoms with Crippen LogP contribution in [0.25, 0.3) is 0 Å². The third-order valence-electron chi connectivity index (χ3n) is 2.94. The standard InChI is InChI=1S/C15H18N2O2S/c1-4-14-17-9-11(20-14)8-16-13-6-5-10(2)7-12(13)15(18)19-3/h5-7,9,16H,4,8H2,1-3H3. The van der Waals surface area contributed by atoms with Gasteiger partial charge in [0.1, 0.15) is 0 Å². The Hall–Kier alpha value is -1.88. The Morgan fingerprint density at radius 2 is 2.25 bits per heavy atom. The second-order valence-corrected chi connectivity index (χ2v) is 5.67. The van der Waals surface area contributed by atoms with E-state index in [1.54, 1.807) is 11.3 Å². The Kier molecular flexibility index (Phi) is 4.74. The summed E-state index contributed by atoms with van der Waals surface area (Å²) in [4.78, 5) is 17.2. The lowest BCUT2D eigenvalue weighted by Crippen LogP contribution is -2.08. The van der Waals surface area contributed by atoms with E-state index in [2.05, 4.69) is 17.2 Å². The zero-order chi connectivity index (χ0) is 14.5. The molecule has 0 radical (unpaired) electrons. The third-order valence-corrected chi connectivity index (χ3v) is 4.08. The van der Waals surface area contributed by atoms with Gasteiger partial charge in [-0.15, -0.1) is 11.3 Å². The number of nitrogens with zero attached hydrogens (tertiary/aromatic N) is 1. The van der Waals surface area contributed by atoms with E-state index >= 15 is 0 Å². The van der Waals surface area contributed by atoms with E-state index < -0.39 is 0 Å². The summed E-state index contributed by atoms with van der Waals surface area (Å²) in [6.45, 7) is 4.70. The molecule has 1 aromatic carbocycles. The number of aryl methyl sites for hydroxylation is 2. The van der Waals surface area contributed by atoms with Crippen molar-refractivity contribution >= 4 is 23.0 Å². The molecule has 0 atom stereocenters. The van der Waals surface area contributed by atoms with Crippen LogP contribution in [0.1, 0.15) is 32.7 Å². The summed E-state index contributed by atoms with van der Waals surface area (Å²) in [7, 11) is 1.39. The maximum absolute atomic E-state index is 11.8. The van der Waals surface area contributed by atoms with Gasteiger partial charge in [-0.25, -0.2) is 9.78 Å². The van der Waals surface area contributed by atoms with Gasteiger partial charge in [0.2, 0.25) is 0 Å². The molecule has 0 aliphatic carbocycles. The molecule has 1 aromatic heterocycles. The Balaban J connectivity index is 2.14. The van der Waals surface area contributed by atoms with Crippen LogP contribution in [-0.4, -0.2) is 18.1 Å². The van der Waals surface area contributed by atoms with E-state index in [-0.39, 0.29) is 5.97 Å². The number of carbonyl (C=O) groups excluding carboxylic acids is 1. The topological polar surface area (TPSA) is 51.2 Å². The van der Waals surface area contributed by atoms with Crippen LogP contribution in [0.15, 0.2) is 24.4 Å². The van der Waals surface area contributed by atoms with E-state index in [9.17, 15) is 4.79 Å². The van der Waals surface area contributed by atoms with Crippen LogP contribution < -0.4 is 5.32 Å². The van der Waals surface area contributed by atoms with Crippen LogP contribution in [0.4, 0.5) is 5.69 Å². The molecule has 1 heterocycles. The minimum absolute atomic E-state index is 0.324. The normalized spacial score (nSPS) is 10.3. The van der Waals surface area contributed by atoms with E-state index in [0.717, 1.165) is 27.6 Å². The Morgan fingerprint density at radius 1 is 1.45 bits per heavy atom. The zero-order valence-electron chi connectivity index (χ0n) is 11.9. The highest BCUT2D eigenvalue weighted by atomic mass is 32.1. The van der Waals surface area contributed by atoms with Crippen LogP contribution in [-0.2, 0) is 17.7 Å². The number of aromatic nitrogens is 1. The quantitative estimate of drug-likeness (QED) is 0.857. The first-order valence-corrected chi connectivity index (χ1v) is 7.32. The average Bonchev–Trinajstić information content (AvgIpc) is 2.93. The number of hydrogen-bond acceptors (Lipinski definition) is 5. The molecule has 0 saturated heterocycles. The first kappa shape index (κ1) is 14.5. The van der Waals surface area contributed by atoms with Gasteiger partial charge in [-0.05, 0) is 25.5 Å². The van der Waals surface area contributed by atoms with Gasteiger partial charge in [0.15, 0.2) is 0 Å². The highest BCUT2D eigenvalue weighted by Crippen LogP contribution is 2.21. The Bertz CT molecular complexity index is 608. The number of rotatable bonds is 5. The van der Waals surface area contributed by atoms with Crippen molar-refractivity contribution in [1.82, 2.24) is 4.98 Å². The molecule has 0 bridgehead atoms.